The Hall–Kier alpha value is -3.92. The summed E-state index contributed by atoms with van der Waals surface area (Å²) in [4.78, 5) is 38.7. The van der Waals surface area contributed by atoms with Gasteiger partial charge in [0.15, 0.2) is 12.8 Å². The number of benzene rings is 2. The maximum atomic E-state index is 14.1. The van der Waals surface area contributed by atoms with E-state index >= 15 is 0 Å². The molecule has 3 N–H and O–H groups in total. The van der Waals surface area contributed by atoms with Crippen molar-refractivity contribution in [3.8, 4) is 5.75 Å². The van der Waals surface area contributed by atoms with E-state index in [0.29, 0.717) is 10.6 Å². The van der Waals surface area contributed by atoms with Crippen LogP contribution in [0.15, 0.2) is 53.9 Å². The summed E-state index contributed by atoms with van der Waals surface area (Å²) >= 11 is 1.23. The minimum Gasteiger partial charge on any atom is -0.479 e. The lowest BCUT2D eigenvalue weighted by Gasteiger charge is -2.29. The van der Waals surface area contributed by atoms with Crippen molar-refractivity contribution in [2.45, 2.75) is 6.04 Å². The van der Waals surface area contributed by atoms with E-state index in [0.717, 1.165) is 6.07 Å². The molecule has 2 amide bonds. The highest BCUT2D eigenvalue weighted by atomic mass is 32.1. The van der Waals surface area contributed by atoms with E-state index in [2.05, 4.69) is 10.6 Å². The second-order valence-corrected chi connectivity index (χ2v) is 7.87. The van der Waals surface area contributed by atoms with Crippen LogP contribution < -0.4 is 20.3 Å². The molecule has 0 saturated carbocycles. The number of anilines is 2. The van der Waals surface area contributed by atoms with Gasteiger partial charge in [-0.15, -0.1) is 11.3 Å². The van der Waals surface area contributed by atoms with Crippen molar-refractivity contribution < 1.29 is 28.6 Å². The van der Waals surface area contributed by atoms with Gasteiger partial charge in [-0.25, -0.2) is 9.18 Å². The lowest BCUT2D eigenvalue weighted by Crippen LogP contribution is -2.39. The van der Waals surface area contributed by atoms with Crippen LogP contribution in [-0.2, 0) is 4.79 Å². The van der Waals surface area contributed by atoms with Crippen molar-refractivity contribution in [1.82, 2.24) is 5.32 Å². The number of carboxylic acids is 1. The summed E-state index contributed by atoms with van der Waals surface area (Å²) in [6.07, 6.45) is 0. The van der Waals surface area contributed by atoms with Crippen LogP contribution in [0.4, 0.5) is 15.8 Å². The largest absolute Gasteiger partial charge is 0.479 e. The maximum Gasteiger partial charge on any atom is 0.331 e. The van der Waals surface area contributed by atoms with E-state index in [-0.39, 0.29) is 29.3 Å². The molecule has 10 heteroatoms. The zero-order chi connectivity index (χ0) is 22.8. The number of ether oxygens (including phenoxy) is 1. The fourth-order valence-corrected chi connectivity index (χ4v) is 4.05. The first-order valence-corrected chi connectivity index (χ1v) is 10.4. The molecule has 3 aromatic rings. The Labute approximate surface area is 186 Å². The number of carbonyl (C=O) groups excluding carboxylic acids is 2. The molecule has 0 saturated heterocycles. The molecule has 1 aromatic heterocycles. The van der Waals surface area contributed by atoms with Crippen LogP contribution in [0.2, 0.25) is 0 Å². The maximum absolute atomic E-state index is 14.1. The fraction of sp³-hybridized carbons (Fsp3) is 0.136. The Morgan fingerprint density at radius 1 is 1.22 bits per heavy atom. The number of halogens is 1. The van der Waals surface area contributed by atoms with Crippen LogP contribution in [0.25, 0.3) is 0 Å². The predicted molar refractivity (Wildman–Crippen MR) is 117 cm³/mol. The monoisotopic (exact) mass is 455 g/mol. The average molecular weight is 455 g/mol. The summed E-state index contributed by atoms with van der Waals surface area (Å²) in [5, 5.41) is 16.3. The van der Waals surface area contributed by atoms with Gasteiger partial charge in [-0.2, -0.15) is 0 Å². The first-order chi connectivity index (χ1) is 15.4. The van der Waals surface area contributed by atoms with Gasteiger partial charge in [0.25, 0.3) is 11.8 Å². The quantitative estimate of drug-likeness (QED) is 0.525. The first-order valence-electron chi connectivity index (χ1n) is 9.52. The Morgan fingerprint density at radius 2 is 1.97 bits per heavy atom. The number of aliphatic carboxylic acids is 1. The van der Waals surface area contributed by atoms with Gasteiger partial charge in [-0.3, -0.25) is 14.5 Å². The minimum absolute atomic E-state index is 0.0777. The van der Waals surface area contributed by atoms with Crippen molar-refractivity contribution >= 4 is 40.5 Å². The third kappa shape index (κ3) is 4.00. The smallest absolute Gasteiger partial charge is 0.331 e. The van der Waals surface area contributed by atoms with Crippen LogP contribution in [0, 0.1) is 5.82 Å². The summed E-state index contributed by atoms with van der Waals surface area (Å²) in [6, 6.07) is 10.8. The number of fused-ring (bicyclic) bond motifs is 1. The second-order valence-electron chi connectivity index (χ2n) is 6.89. The number of thiophene rings is 1. The molecule has 32 heavy (non-hydrogen) atoms. The number of rotatable bonds is 6. The van der Waals surface area contributed by atoms with Gasteiger partial charge in [-0.1, -0.05) is 6.07 Å². The molecule has 8 nitrogen and oxygen atoms in total. The third-order valence-electron chi connectivity index (χ3n) is 4.95. The van der Waals surface area contributed by atoms with E-state index in [1.54, 1.807) is 36.7 Å². The number of hydrogen-bond donors (Lipinski definition) is 3. The Kier molecular flexibility index (Phi) is 5.78. The Bertz CT molecular complexity index is 1180. The number of carbonyl (C=O) groups is 3. The highest BCUT2D eigenvalue weighted by Crippen LogP contribution is 2.32. The van der Waals surface area contributed by atoms with Gasteiger partial charge in [0.1, 0.15) is 11.6 Å². The summed E-state index contributed by atoms with van der Waals surface area (Å²) in [5.74, 6) is -2.46. The molecule has 164 valence electrons. The van der Waals surface area contributed by atoms with E-state index in [9.17, 15) is 23.9 Å². The molecule has 1 aliphatic heterocycles. The molecule has 1 atom stereocenters. The normalized spacial score (nSPS) is 13.7. The highest BCUT2D eigenvalue weighted by Gasteiger charge is 2.29. The fourth-order valence-electron chi connectivity index (χ4n) is 3.28. The van der Waals surface area contributed by atoms with Crippen LogP contribution in [0.3, 0.4) is 0 Å². The number of hydrogen-bond acceptors (Lipinski definition) is 6. The summed E-state index contributed by atoms with van der Waals surface area (Å²) in [7, 11) is 1.57. The van der Waals surface area contributed by atoms with Crippen molar-refractivity contribution in [1.29, 1.82) is 0 Å². The third-order valence-corrected chi connectivity index (χ3v) is 5.89. The predicted octanol–water partition coefficient (Wildman–Crippen LogP) is 3.48. The van der Waals surface area contributed by atoms with Crippen LogP contribution in [-0.4, -0.2) is 36.7 Å². The van der Waals surface area contributed by atoms with E-state index in [1.165, 1.54) is 34.4 Å². The minimum atomic E-state index is -1.17. The molecule has 0 fully saturated rings. The number of nitrogens with one attached hydrogen (secondary N) is 2. The molecule has 0 radical (unpaired) electrons. The molecule has 0 spiro atoms. The SMILES string of the molecule is CNc1cc2c(cc1F)C(=O)N(c1ccc(C(=O)NC(C(=O)O)c3cccs3)cc1)CO2. The van der Waals surface area contributed by atoms with Crippen molar-refractivity contribution in [3.05, 3.63) is 75.7 Å². The zero-order valence-electron chi connectivity index (χ0n) is 16.8. The summed E-state index contributed by atoms with van der Waals surface area (Å²) in [6.45, 7) is -0.0777. The molecule has 1 aliphatic rings. The standard InChI is InChI=1S/C22H18FN3O5S/c1-24-16-10-17-14(9-15(16)23)21(28)26(11-31-17)13-6-4-12(5-7-13)20(27)25-19(22(29)30)18-3-2-8-32-18/h2-10,19,24H,11H2,1H3,(H,25,27)(H,29,30). The zero-order valence-corrected chi connectivity index (χ0v) is 17.6. The van der Waals surface area contributed by atoms with Crippen molar-refractivity contribution in [3.63, 3.8) is 0 Å². The summed E-state index contributed by atoms with van der Waals surface area (Å²) in [5.41, 5.74) is 0.993. The molecule has 4 rings (SSSR count). The lowest BCUT2D eigenvalue weighted by atomic mass is 10.1. The summed E-state index contributed by atoms with van der Waals surface area (Å²) < 4.78 is 19.7. The van der Waals surface area contributed by atoms with Gasteiger partial charge in [-0.05, 0) is 41.8 Å². The van der Waals surface area contributed by atoms with Gasteiger partial charge >= 0.3 is 5.97 Å². The lowest BCUT2D eigenvalue weighted by molar-refractivity contribution is -0.139. The Balaban J connectivity index is 1.51. The molecule has 0 aliphatic carbocycles. The van der Waals surface area contributed by atoms with Crippen molar-refractivity contribution in [2.75, 3.05) is 24.0 Å². The van der Waals surface area contributed by atoms with Crippen LogP contribution >= 0.6 is 11.3 Å². The number of nitrogens with zero attached hydrogens (tertiary/aromatic N) is 1. The van der Waals surface area contributed by atoms with Gasteiger partial charge < -0.3 is 20.5 Å². The molecule has 0 bridgehead atoms. The molecule has 2 heterocycles. The highest BCUT2D eigenvalue weighted by molar-refractivity contribution is 7.10. The van der Waals surface area contributed by atoms with Crippen LogP contribution in [0.5, 0.6) is 5.75 Å². The van der Waals surface area contributed by atoms with Gasteiger partial charge in [0.05, 0.1) is 11.3 Å². The van der Waals surface area contributed by atoms with E-state index in [4.69, 9.17) is 4.74 Å². The Morgan fingerprint density at radius 3 is 2.59 bits per heavy atom. The van der Waals surface area contributed by atoms with Gasteiger partial charge in [0, 0.05) is 29.2 Å². The van der Waals surface area contributed by atoms with Crippen molar-refractivity contribution in [2.24, 2.45) is 0 Å². The number of carboxylic acid groups (broad SMARTS) is 1. The molecule has 2 aromatic carbocycles. The van der Waals surface area contributed by atoms with E-state index in [1.807, 2.05) is 0 Å². The van der Waals surface area contributed by atoms with Gasteiger partial charge in [0.2, 0.25) is 0 Å². The van der Waals surface area contributed by atoms with Crippen LogP contribution in [0.1, 0.15) is 31.6 Å². The first kappa shape index (κ1) is 21.3. The van der Waals surface area contributed by atoms with E-state index < -0.39 is 29.6 Å². The molecular weight excluding hydrogens is 437 g/mol. The average Bonchev–Trinajstić information content (AvgIpc) is 3.32. The topological polar surface area (TPSA) is 108 Å². The molecular formula is C22H18FN3O5S. The second kappa shape index (κ2) is 8.67. The molecule has 1 unspecified atom stereocenters. The number of amides is 2.